The van der Waals surface area contributed by atoms with E-state index in [0.29, 0.717) is 6.54 Å². The first-order valence-corrected chi connectivity index (χ1v) is 8.49. The van der Waals surface area contributed by atoms with Gasteiger partial charge in [0.1, 0.15) is 5.76 Å². The number of urea groups is 1. The first-order valence-electron chi connectivity index (χ1n) is 7.70. The van der Waals surface area contributed by atoms with Crippen LogP contribution in [0, 0.1) is 6.92 Å². The SMILES string of the molecule is Cc1cc(Br)ccc1N1CCN(C(=O)NCc2ccco2)CC1. The zero-order chi connectivity index (χ0) is 16.2. The van der Waals surface area contributed by atoms with Crippen LogP contribution in [0.3, 0.4) is 0 Å². The summed E-state index contributed by atoms with van der Waals surface area (Å²) in [5.41, 5.74) is 2.49. The predicted molar refractivity (Wildman–Crippen MR) is 93.6 cm³/mol. The highest BCUT2D eigenvalue weighted by Gasteiger charge is 2.22. The summed E-state index contributed by atoms with van der Waals surface area (Å²) < 4.78 is 6.32. The lowest BCUT2D eigenvalue weighted by atomic mass is 10.1. The van der Waals surface area contributed by atoms with Gasteiger partial charge in [-0.1, -0.05) is 15.9 Å². The number of nitrogens with zero attached hydrogens (tertiary/aromatic N) is 2. The Bertz CT molecular complexity index is 664. The fourth-order valence-electron chi connectivity index (χ4n) is 2.81. The summed E-state index contributed by atoms with van der Waals surface area (Å²) in [5.74, 6) is 0.766. The van der Waals surface area contributed by atoms with Gasteiger partial charge in [0.25, 0.3) is 0 Å². The number of carbonyl (C=O) groups is 1. The van der Waals surface area contributed by atoms with Gasteiger partial charge in [0, 0.05) is 36.3 Å². The molecule has 0 bridgehead atoms. The average Bonchev–Trinajstić information content (AvgIpc) is 3.06. The molecule has 3 rings (SSSR count). The quantitative estimate of drug-likeness (QED) is 0.891. The Balaban J connectivity index is 1.52. The van der Waals surface area contributed by atoms with Crippen LogP contribution in [-0.2, 0) is 6.54 Å². The molecule has 2 heterocycles. The third-order valence-corrected chi connectivity index (χ3v) is 4.55. The standard InChI is InChI=1S/C17H20BrN3O2/c1-13-11-14(18)4-5-16(13)20-6-8-21(9-7-20)17(22)19-12-15-3-2-10-23-15/h2-5,10-11H,6-9,12H2,1H3,(H,19,22). The third kappa shape index (κ3) is 3.88. The zero-order valence-corrected chi connectivity index (χ0v) is 14.7. The number of aryl methyl sites for hydroxylation is 1. The fraction of sp³-hybridized carbons (Fsp3) is 0.353. The molecule has 1 aromatic carbocycles. The van der Waals surface area contributed by atoms with E-state index < -0.39 is 0 Å². The van der Waals surface area contributed by atoms with Crippen molar-refractivity contribution in [2.75, 3.05) is 31.1 Å². The Kier molecular flexibility index (Phi) is 4.91. The number of rotatable bonds is 3. The highest BCUT2D eigenvalue weighted by molar-refractivity contribution is 9.10. The first kappa shape index (κ1) is 15.9. The van der Waals surface area contributed by atoms with E-state index in [4.69, 9.17) is 4.42 Å². The second kappa shape index (κ2) is 7.08. The average molecular weight is 378 g/mol. The Morgan fingerprint density at radius 1 is 1.26 bits per heavy atom. The molecule has 0 radical (unpaired) electrons. The van der Waals surface area contributed by atoms with E-state index in [0.717, 1.165) is 36.4 Å². The number of hydrogen-bond donors (Lipinski definition) is 1. The molecule has 0 aliphatic carbocycles. The predicted octanol–water partition coefficient (Wildman–Crippen LogP) is 3.38. The molecule has 23 heavy (non-hydrogen) atoms. The van der Waals surface area contributed by atoms with Gasteiger partial charge in [-0.15, -0.1) is 0 Å². The van der Waals surface area contributed by atoms with Crippen molar-refractivity contribution in [2.45, 2.75) is 13.5 Å². The van der Waals surface area contributed by atoms with Crippen LogP contribution in [0.5, 0.6) is 0 Å². The smallest absolute Gasteiger partial charge is 0.317 e. The molecule has 1 aliphatic rings. The maximum absolute atomic E-state index is 12.2. The molecule has 5 nitrogen and oxygen atoms in total. The molecular weight excluding hydrogens is 358 g/mol. The molecule has 0 unspecified atom stereocenters. The number of benzene rings is 1. The van der Waals surface area contributed by atoms with Crippen molar-refractivity contribution in [2.24, 2.45) is 0 Å². The Hall–Kier alpha value is -1.95. The molecule has 0 saturated carbocycles. The fourth-order valence-corrected chi connectivity index (χ4v) is 3.29. The minimum absolute atomic E-state index is 0.0337. The lowest BCUT2D eigenvalue weighted by Gasteiger charge is -2.36. The molecule has 1 aliphatic heterocycles. The second-order valence-electron chi connectivity index (χ2n) is 5.64. The molecule has 0 atom stereocenters. The number of furan rings is 1. The number of amides is 2. The van der Waals surface area contributed by atoms with E-state index in [9.17, 15) is 4.79 Å². The van der Waals surface area contributed by atoms with Crippen molar-refractivity contribution in [3.63, 3.8) is 0 Å². The highest BCUT2D eigenvalue weighted by atomic mass is 79.9. The lowest BCUT2D eigenvalue weighted by molar-refractivity contribution is 0.193. The summed E-state index contributed by atoms with van der Waals surface area (Å²) >= 11 is 3.50. The maximum Gasteiger partial charge on any atom is 0.317 e. The molecule has 1 fully saturated rings. The van der Waals surface area contributed by atoms with Crippen molar-refractivity contribution in [1.29, 1.82) is 0 Å². The van der Waals surface area contributed by atoms with Crippen LogP contribution in [-0.4, -0.2) is 37.1 Å². The summed E-state index contributed by atoms with van der Waals surface area (Å²) in [6.45, 7) is 5.67. The van der Waals surface area contributed by atoms with E-state index in [-0.39, 0.29) is 6.03 Å². The monoisotopic (exact) mass is 377 g/mol. The number of halogens is 1. The van der Waals surface area contributed by atoms with E-state index >= 15 is 0 Å². The van der Waals surface area contributed by atoms with Crippen LogP contribution in [0.25, 0.3) is 0 Å². The van der Waals surface area contributed by atoms with E-state index in [1.807, 2.05) is 17.0 Å². The van der Waals surface area contributed by atoms with Crippen molar-refractivity contribution in [3.8, 4) is 0 Å². The Morgan fingerprint density at radius 2 is 2.04 bits per heavy atom. The molecule has 2 aromatic rings. The molecule has 2 amide bonds. The van der Waals surface area contributed by atoms with Gasteiger partial charge in [-0.3, -0.25) is 0 Å². The second-order valence-corrected chi connectivity index (χ2v) is 6.56. The van der Waals surface area contributed by atoms with Crippen LogP contribution >= 0.6 is 15.9 Å². The molecule has 6 heteroatoms. The molecule has 1 aromatic heterocycles. The normalized spacial score (nSPS) is 14.9. The maximum atomic E-state index is 12.2. The van der Waals surface area contributed by atoms with Crippen LogP contribution in [0.2, 0.25) is 0 Å². The Labute approximate surface area is 144 Å². The molecule has 122 valence electrons. The topological polar surface area (TPSA) is 48.7 Å². The van der Waals surface area contributed by atoms with Gasteiger partial charge < -0.3 is 19.5 Å². The van der Waals surface area contributed by atoms with E-state index in [1.54, 1.807) is 6.26 Å². The molecule has 0 spiro atoms. The van der Waals surface area contributed by atoms with Crippen molar-refractivity contribution < 1.29 is 9.21 Å². The van der Waals surface area contributed by atoms with Gasteiger partial charge in [-0.05, 0) is 42.8 Å². The van der Waals surface area contributed by atoms with Gasteiger partial charge in [-0.25, -0.2) is 4.79 Å². The van der Waals surface area contributed by atoms with Crippen LogP contribution < -0.4 is 10.2 Å². The number of piperazine rings is 1. The minimum atomic E-state index is -0.0337. The Morgan fingerprint density at radius 3 is 2.70 bits per heavy atom. The number of carbonyl (C=O) groups excluding carboxylic acids is 1. The van der Waals surface area contributed by atoms with Gasteiger partial charge in [0.15, 0.2) is 0 Å². The van der Waals surface area contributed by atoms with E-state index in [1.165, 1.54) is 11.3 Å². The van der Waals surface area contributed by atoms with Crippen molar-refractivity contribution in [3.05, 3.63) is 52.4 Å². The summed E-state index contributed by atoms with van der Waals surface area (Å²) in [6, 6.07) is 9.96. The van der Waals surface area contributed by atoms with Crippen LogP contribution in [0.15, 0.2) is 45.5 Å². The largest absolute Gasteiger partial charge is 0.467 e. The number of hydrogen-bond acceptors (Lipinski definition) is 3. The van der Waals surface area contributed by atoms with Gasteiger partial charge >= 0.3 is 6.03 Å². The van der Waals surface area contributed by atoms with E-state index in [2.05, 4.69) is 51.3 Å². The van der Waals surface area contributed by atoms with Crippen LogP contribution in [0.1, 0.15) is 11.3 Å². The summed E-state index contributed by atoms with van der Waals surface area (Å²) in [5, 5.41) is 2.90. The number of nitrogens with one attached hydrogen (secondary N) is 1. The third-order valence-electron chi connectivity index (χ3n) is 4.06. The zero-order valence-electron chi connectivity index (χ0n) is 13.1. The van der Waals surface area contributed by atoms with Gasteiger partial charge in [0.2, 0.25) is 0 Å². The van der Waals surface area contributed by atoms with Crippen molar-refractivity contribution in [1.82, 2.24) is 10.2 Å². The molecule has 1 N–H and O–H groups in total. The summed E-state index contributed by atoms with van der Waals surface area (Å²) in [6.07, 6.45) is 1.61. The van der Waals surface area contributed by atoms with Crippen LogP contribution in [0.4, 0.5) is 10.5 Å². The number of anilines is 1. The molecule has 1 saturated heterocycles. The van der Waals surface area contributed by atoms with Gasteiger partial charge in [0.05, 0.1) is 12.8 Å². The lowest BCUT2D eigenvalue weighted by Crippen LogP contribution is -2.51. The molecular formula is C17H20BrN3O2. The summed E-state index contributed by atoms with van der Waals surface area (Å²) in [7, 11) is 0. The highest BCUT2D eigenvalue weighted by Crippen LogP contribution is 2.24. The summed E-state index contributed by atoms with van der Waals surface area (Å²) in [4.78, 5) is 16.4. The first-order chi connectivity index (χ1) is 11.1. The van der Waals surface area contributed by atoms with Crippen molar-refractivity contribution >= 4 is 27.6 Å². The minimum Gasteiger partial charge on any atom is -0.467 e. The van der Waals surface area contributed by atoms with Gasteiger partial charge in [-0.2, -0.15) is 0 Å².